The van der Waals surface area contributed by atoms with Gasteiger partial charge in [-0.15, -0.1) is 0 Å². The van der Waals surface area contributed by atoms with Crippen LogP contribution in [-0.4, -0.2) is 5.11 Å². The quantitative estimate of drug-likeness (QED) is 0.326. The SMILES string of the molecule is CCC(C)(C)CCCCCCc1cccc(O)c1CCCCCC1(C)CC1. The Kier molecular flexibility index (Phi) is 8.70. The first-order valence-corrected chi connectivity index (χ1v) is 11.6. The predicted octanol–water partition coefficient (Wildman–Crippen LogP) is 8.22. The zero-order valence-electron chi connectivity index (χ0n) is 18.6. The molecule has 0 amide bonds. The van der Waals surface area contributed by atoms with E-state index in [1.165, 1.54) is 88.2 Å². The van der Waals surface area contributed by atoms with Crippen molar-refractivity contribution in [2.75, 3.05) is 0 Å². The Bertz CT molecular complexity index is 553. The fourth-order valence-electron chi connectivity index (χ4n) is 4.09. The van der Waals surface area contributed by atoms with Crippen LogP contribution < -0.4 is 0 Å². The van der Waals surface area contributed by atoms with Crippen LogP contribution in [0.2, 0.25) is 0 Å². The maximum absolute atomic E-state index is 10.3. The Morgan fingerprint density at radius 2 is 1.59 bits per heavy atom. The van der Waals surface area contributed by atoms with Gasteiger partial charge >= 0.3 is 0 Å². The molecule has 0 aromatic heterocycles. The van der Waals surface area contributed by atoms with Gasteiger partial charge in [-0.25, -0.2) is 0 Å². The number of hydrogen-bond acceptors (Lipinski definition) is 1. The Morgan fingerprint density at radius 1 is 0.926 bits per heavy atom. The van der Waals surface area contributed by atoms with Gasteiger partial charge < -0.3 is 5.11 Å². The summed E-state index contributed by atoms with van der Waals surface area (Å²) in [5.74, 6) is 0.520. The van der Waals surface area contributed by atoms with Crippen LogP contribution in [0.5, 0.6) is 5.75 Å². The van der Waals surface area contributed by atoms with Crippen molar-refractivity contribution >= 4 is 0 Å². The van der Waals surface area contributed by atoms with Gasteiger partial charge in [0.05, 0.1) is 0 Å². The van der Waals surface area contributed by atoms with E-state index in [2.05, 4.69) is 33.8 Å². The fourth-order valence-corrected chi connectivity index (χ4v) is 4.09. The molecule has 1 N–H and O–H groups in total. The van der Waals surface area contributed by atoms with E-state index in [4.69, 9.17) is 0 Å². The van der Waals surface area contributed by atoms with Crippen molar-refractivity contribution in [3.8, 4) is 5.75 Å². The van der Waals surface area contributed by atoms with Crippen LogP contribution in [0.3, 0.4) is 0 Å². The van der Waals surface area contributed by atoms with E-state index in [1.807, 2.05) is 12.1 Å². The van der Waals surface area contributed by atoms with Crippen molar-refractivity contribution in [3.05, 3.63) is 29.3 Å². The fraction of sp³-hybridized carbons (Fsp3) is 0.769. The lowest BCUT2D eigenvalue weighted by Crippen LogP contribution is -2.08. The Balaban J connectivity index is 1.67. The highest BCUT2D eigenvalue weighted by atomic mass is 16.3. The second-order valence-electron chi connectivity index (χ2n) is 10.2. The molecule has 1 aliphatic carbocycles. The molecular weight excluding hydrogens is 328 g/mol. The van der Waals surface area contributed by atoms with E-state index in [0.717, 1.165) is 12.8 Å². The molecule has 0 atom stereocenters. The van der Waals surface area contributed by atoms with E-state index in [-0.39, 0.29) is 0 Å². The Hall–Kier alpha value is -0.980. The van der Waals surface area contributed by atoms with E-state index in [9.17, 15) is 5.11 Å². The number of unbranched alkanes of at least 4 members (excludes halogenated alkanes) is 5. The summed E-state index contributed by atoms with van der Waals surface area (Å²) in [6.07, 6.45) is 18.2. The Labute approximate surface area is 169 Å². The van der Waals surface area contributed by atoms with E-state index >= 15 is 0 Å². The summed E-state index contributed by atoms with van der Waals surface area (Å²) in [7, 11) is 0. The normalized spacial score (nSPS) is 15.9. The van der Waals surface area contributed by atoms with Crippen molar-refractivity contribution in [2.45, 2.75) is 118 Å². The molecule has 1 aromatic carbocycles. The zero-order valence-corrected chi connectivity index (χ0v) is 18.6. The zero-order chi connectivity index (χ0) is 19.8. The first-order chi connectivity index (χ1) is 12.9. The standard InChI is InChI=1S/C26H44O/c1-5-25(2,3)18-11-7-6-9-14-22-15-13-17-24(27)23(22)16-10-8-12-19-26(4)20-21-26/h13,15,17,27H,5-12,14,16,18-21H2,1-4H3. The first-order valence-electron chi connectivity index (χ1n) is 11.6. The van der Waals surface area contributed by atoms with Gasteiger partial charge in [-0.2, -0.15) is 0 Å². The minimum atomic E-state index is 0.509. The highest BCUT2D eigenvalue weighted by Crippen LogP contribution is 2.49. The number of phenolic OH excluding ortho intramolecular Hbond substituents is 1. The van der Waals surface area contributed by atoms with Crippen LogP contribution in [-0.2, 0) is 12.8 Å². The monoisotopic (exact) mass is 372 g/mol. The van der Waals surface area contributed by atoms with E-state index in [1.54, 1.807) is 0 Å². The minimum Gasteiger partial charge on any atom is -0.508 e. The summed E-state index contributed by atoms with van der Waals surface area (Å²) in [4.78, 5) is 0. The number of benzene rings is 1. The molecule has 0 spiro atoms. The van der Waals surface area contributed by atoms with Crippen LogP contribution in [0.15, 0.2) is 18.2 Å². The molecule has 0 saturated heterocycles. The smallest absolute Gasteiger partial charge is 0.119 e. The van der Waals surface area contributed by atoms with Crippen molar-refractivity contribution in [1.82, 2.24) is 0 Å². The molecule has 1 aromatic rings. The van der Waals surface area contributed by atoms with Crippen molar-refractivity contribution < 1.29 is 5.11 Å². The number of rotatable bonds is 14. The van der Waals surface area contributed by atoms with Crippen LogP contribution in [0.1, 0.15) is 116 Å². The van der Waals surface area contributed by atoms with Crippen molar-refractivity contribution in [1.29, 1.82) is 0 Å². The van der Waals surface area contributed by atoms with Gasteiger partial charge in [0.15, 0.2) is 0 Å². The number of aryl methyl sites for hydroxylation is 1. The van der Waals surface area contributed by atoms with Crippen LogP contribution >= 0.6 is 0 Å². The summed E-state index contributed by atoms with van der Waals surface area (Å²) in [6.45, 7) is 9.50. The average Bonchev–Trinajstić information content (AvgIpc) is 3.37. The van der Waals surface area contributed by atoms with Gasteiger partial charge in [0, 0.05) is 0 Å². The van der Waals surface area contributed by atoms with Gasteiger partial charge in [-0.05, 0) is 79.4 Å². The summed E-state index contributed by atoms with van der Waals surface area (Å²) in [5.41, 5.74) is 3.81. The van der Waals surface area contributed by atoms with E-state index < -0.39 is 0 Å². The molecule has 2 rings (SSSR count). The average molecular weight is 373 g/mol. The minimum absolute atomic E-state index is 0.509. The second kappa shape index (κ2) is 10.5. The molecule has 1 nitrogen and oxygen atoms in total. The molecule has 1 saturated carbocycles. The lowest BCUT2D eigenvalue weighted by Gasteiger charge is -2.22. The molecule has 1 fully saturated rings. The third-order valence-electron chi connectivity index (χ3n) is 7.07. The molecular formula is C26H44O. The highest BCUT2D eigenvalue weighted by Gasteiger charge is 2.35. The molecule has 27 heavy (non-hydrogen) atoms. The molecule has 154 valence electrons. The summed E-state index contributed by atoms with van der Waals surface area (Å²) < 4.78 is 0. The lowest BCUT2D eigenvalue weighted by molar-refractivity contribution is 0.307. The summed E-state index contributed by atoms with van der Waals surface area (Å²) in [5, 5.41) is 10.3. The molecule has 0 aliphatic heterocycles. The van der Waals surface area contributed by atoms with Gasteiger partial charge in [0.1, 0.15) is 5.75 Å². The largest absolute Gasteiger partial charge is 0.508 e. The maximum Gasteiger partial charge on any atom is 0.119 e. The first kappa shape index (κ1) is 22.3. The maximum atomic E-state index is 10.3. The van der Waals surface area contributed by atoms with Crippen molar-refractivity contribution in [3.63, 3.8) is 0 Å². The number of hydrogen-bond donors (Lipinski definition) is 1. The third-order valence-corrected chi connectivity index (χ3v) is 7.07. The number of phenols is 1. The van der Waals surface area contributed by atoms with Crippen molar-refractivity contribution in [2.24, 2.45) is 10.8 Å². The van der Waals surface area contributed by atoms with E-state index in [0.29, 0.717) is 16.6 Å². The molecule has 0 bridgehead atoms. The Morgan fingerprint density at radius 3 is 2.30 bits per heavy atom. The highest BCUT2D eigenvalue weighted by molar-refractivity contribution is 5.39. The van der Waals surface area contributed by atoms with Gasteiger partial charge in [0.2, 0.25) is 0 Å². The van der Waals surface area contributed by atoms with Crippen LogP contribution in [0.25, 0.3) is 0 Å². The van der Waals surface area contributed by atoms with Crippen LogP contribution in [0.4, 0.5) is 0 Å². The van der Waals surface area contributed by atoms with Gasteiger partial charge in [-0.1, -0.05) is 78.4 Å². The molecule has 1 heteroatoms. The van der Waals surface area contributed by atoms with Gasteiger partial charge in [-0.3, -0.25) is 0 Å². The summed E-state index contributed by atoms with van der Waals surface area (Å²) >= 11 is 0. The molecule has 1 aliphatic rings. The molecule has 0 heterocycles. The lowest BCUT2D eigenvalue weighted by atomic mass is 9.84. The van der Waals surface area contributed by atoms with Gasteiger partial charge in [0.25, 0.3) is 0 Å². The molecule has 0 radical (unpaired) electrons. The molecule has 0 unspecified atom stereocenters. The van der Waals surface area contributed by atoms with Crippen LogP contribution in [0, 0.1) is 10.8 Å². The predicted molar refractivity (Wildman–Crippen MR) is 118 cm³/mol. The third kappa shape index (κ3) is 8.28. The summed E-state index contributed by atoms with van der Waals surface area (Å²) in [6, 6.07) is 6.13. The number of aromatic hydroxyl groups is 1. The topological polar surface area (TPSA) is 20.2 Å². The second-order valence-corrected chi connectivity index (χ2v) is 10.2.